The van der Waals surface area contributed by atoms with E-state index in [-0.39, 0.29) is 23.7 Å². The third-order valence-electron chi connectivity index (χ3n) is 2.79. The molecule has 1 aromatic rings. The molecular formula is C13H18F2OS. The average Bonchev–Trinajstić information content (AvgIpc) is 2.20. The highest BCUT2D eigenvalue weighted by atomic mass is 32.1. The maximum absolute atomic E-state index is 13.3. The summed E-state index contributed by atoms with van der Waals surface area (Å²) >= 11 is 4.24. The van der Waals surface area contributed by atoms with Crippen molar-refractivity contribution < 1.29 is 13.5 Å². The molecular weight excluding hydrogens is 242 g/mol. The lowest BCUT2D eigenvalue weighted by atomic mass is 9.82. The van der Waals surface area contributed by atoms with E-state index in [2.05, 4.69) is 33.4 Å². The second-order valence-electron chi connectivity index (χ2n) is 5.11. The summed E-state index contributed by atoms with van der Waals surface area (Å²) in [4.78, 5) is 0. The van der Waals surface area contributed by atoms with Gasteiger partial charge in [-0.2, -0.15) is 12.6 Å². The number of rotatable bonds is 4. The summed E-state index contributed by atoms with van der Waals surface area (Å²) < 4.78 is 31.9. The number of para-hydroxylation sites is 1. The fourth-order valence-electron chi connectivity index (χ4n) is 1.38. The molecule has 17 heavy (non-hydrogen) atoms. The van der Waals surface area contributed by atoms with Crippen LogP contribution in [0.15, 0.2) is 18.2 Å². The number of halogens is 2. The zero-order valence-corrected chi connectivity index (χ0v) is 11.2. The lowest BCUT2D eigenvalue weighted by Crippen LogP contribution is -2.28. The fourth-order valence-corrected chi connectivity index (χ4v) is 2.03. The van der Waals surface area contributed by atoms with Gasteiger partial charge in [0.1, 0.15) is 0 Å². The minimum absolute atomic E-state index is 0.0104. The van der Waals surface area contributed by atoms with E-state index in [4.69, 9.17) is 4.74 Å². The number of benzene rings is 1. The third-order valence-corrected chi connectivity index (χ3v) is 3.23. The SMILES string of the molecule is CC(C)(C)C(CS)COc1c(F)cccc1F. The van der Waals surface area contributed by atoms with Gasteiger partial charge >= 0.3 is 0 Å². The van der Waals surface area contributed by atoms with Crippen LogP contribution in [-0.2, 0) is 0 Å². The van der Waals surface area contributed by atoms with Gasteiger partial charge in [-0.3, -0.25) is 0 Å². The van der Waals surface area contributed by atoms with Gasteiger partial charge in [0.2, 0.25) is 0 Å². The van der Waals surface area contributed by atoms with Gasteiger partial charge in [-0.15, -0.1) is 0 Å². The largest absolute Gasteiger partial charge is 0.487 e. The van der Waals surface area contributed by atoms with Gasteiger partial charge in [0, 0.05) is 5.92 Å². The van der Waals surface area contributed by atoms with E-state index >= 15 is 0 Å². The Hall–Kier alpha value is -0.770. The molecule has 4 heteroatoms. The van der Waals surface area contributed by atoms with Crippen LogP contribution >= 0.6 is 12.6 Å². The molecule has 1 atom stereocenters. The predicted octanol–water partition coefficient (Wildman–Crippen LogP) is 3.94. The van der Waals surface area contributed by atoms with Crippen molar-refractivity contribution in [1.82, 2.24) is 0 Å². The van der Waals surface area contributed by atoms with Crippen LogP contribution in [0, 0.1) is 23.0 Å². The quantitative estimate of drug-likeness (QED) is 0.807. The van der Waals surface area contributed by atoms with Gasteiger partial charge in [0.25, 0.3) is 0 Å². The molecule has 0 aromatic heterocycles. The second-order valence-corrected chi connectivity index (χ2v) is 5.47. The molecule has 96 valence electrons. The molecule has 1 unspecified atom stereocenters. The minimum atomic E-state index is -0.670. The summed E-state index contributed by atoms with van der Waals surface area (Å²) in [6, 6.07) is 3.69. The van der Waals surface area contributed by atoms with Crippen molar-refractivity contribution in [3.05, 3.63) is 29.8 Å². The number of hydrogen-bond donors (Lipinski definition) is 1. The van der Waals surface area contributed by atoms with E-state index in [9.17, 15) is 8.78 Å². The first-order valence-corrected chi connectivity index (χ1v) is 6.17. The van der Waals surface area contributed by atoms with E-state index in [0.29, 0.717) is 5.75 Å². The normalized spacial score (nSPS) is 13.5. The van der Waals surface area contributed by atoms with Crippen molar-refractivity contribution in [2.45, 2.75) is 20.8 Å². The van der Waals surface area contributed by atoms with Crippen molar-refractivity contribution in [2.75, 3.05) is 12.4 Å². The molecule has 0 saturated heterocycles. The van der Waals surface area contributed by atoms with Crippen LogP contribution < -0.4 is 4.74 Å². The smallest absolute Gasteiger partial charge is 0.190 e. The topological polar surface area (TPSA) is 9.23 Å². The maximum atomic E-state index is 13.3. The van der Waals surface area contributed by atoms with Gasteiger partial charge in [0.15, 0.2) is 17.4 Å². The Kier molecular flexibility index (Phi) is 4.80. The van der Waals surface area contributed by atoms with E-state index in [0.717, 1.165) is 0 Å². The lowest BCUT2D eigenvalue weighted by molar-refractivity contribution is 0.156. The predicted molar refractivity (Wildman–Crippen MR) is 68.7 cm³/mol. The van der Waals surface area contributed by atoms with Crippen molar-refractivity contribution in [2.24, 2.45) is 11.3 Å². The highest BCUT2D eigenvalue weighted by molar-refractivity contribution is 7.80. The summed E-state index contributed by atoms with van der Waals surface area (Å²) in [5, 5.41) is 0. The van der Waals surface area contributed by atoms with Gasteiger partial charge in [-0.25, -0.2) is 8.78 Å². The van der Waals surface area contributed by atoms with E-state index < -0.39 is 11.6 Å². The molecule has 1 aromatic carbocycles. The molecule has 0 saturated carbocycles. The number of thiol groups is 1. The monoisotopic (exact) mass is 260 g/mol. The van der Waals surface area contributed by atoms with Crippen LogP contribution in [0.3, 0.4) is 0 Å². The molecule has 0 amide bonds. The molecule has 0 spiro atoms. The maximum Gasteiger partial charge on any atom is 0.190 e. The van der Waals surface area contributed by atoms with E-state index in [1.807, 2.05) is 0 Å². The molecule has 0 N–H and O–H groups in total. The number of hydrogen-bond acceptors (Lipinski definition) is 2. The van der Waals surface area contributed by atoms with Crippen LogP contribution in [0.5, 0.6) is 5.75 Å². The first-order chi connectivity index (χ1) is 7.86. The van der Waals surface area contributed by atoms with Crippen molar-refractivity contribution in [3.63, 3.8) is 0 Å². The van der Waals surface area contributed by atoms with Crippen LogP contribution in [0.2, 0.25) is 0 Å². The van der Waals surface area contributed by atoms with Gasteiger partial charge < -0.3 is 4.74 Å². The lowest BCUT2D eigenvalue weighted by Gasteiger charge is -2.29. The van der Waals surface area contributed by atoms with Gasteiger partial charge in [0.05, 0.1) is 6.61 Å². The average molecular weight is 260 g/mol. The van der Waals surface area contributed by atoms with Crippen molar-refractivity contribution >= 4 is 12.6 Å². The molecule has 1 nitrogen and oxygen atoms in total. The van der Waals surface area contributed by atoms with Crippen LogP contribution in [0.25, 0.3) is 0 Å². The Morgan fingerprint density at radius 1 is 1.24 bits per heavy atom. The Bertz CT molecular complexity index is 354. The standard InChI is InChI=1S/C13H18F2OS/c1-13(2,3)9(8-17)7-16-12-10(14)5-4-6-11(12)15/h4-6,9,17H,7-8H2,1-3H3. The Labute approximate surface area is 107 Å². The molecule has 0 aliphatic heterocycles. The highest BCUT2D eigenvalue weighted by Crippen LogP contribution is 2.29. The second kappa shape index (κ2) is 5.71. The molecule has 0 bridgehead atoms. The molecule has 0 heterocycles. The first-order valence-electron chi connectivity index (χ1n) is 5.54. The molecule has 1 rings (SSSR count). The molecule has 0 radical (unpaired) electrons. The van der Waals surface area contributed by atoms with Crippen LogP contribution in [0.4, 0.5) is 8.78 Å². The Morgan fingerprint density at radius 2 is 1.76 bits per heavy atom. The Morgan fingerprint density at radius 3 is 2.18 bits per heavy atom. The minimum Gasteiger partial charge on any atom is -0.487 e. The zero-order valence-electron chi connectivity index (χ0n) is 10.3. The van der Waals surface area contributed by atoms with E-state index in [1.54, 1.807) is 0 Å². The molecule has 0 fully saturated rings. The van der Waals surface area contributed by atoms with Crippen LogP contribution in [0.1, 0.15) is 20.8 Å². The van der Waals surface area contributed by atoms with Gasteiger partial charge in [-0.05, 0) is 23.3 Å². The first kappa shape index (κ1) is 14.3. The summed E-state index contributed by atoms with van der Waals surface area (Å²) in [5.74, 6) is -0.901. The van der Waals surface area contributed by atoms with E-state index in [1.165, 1.54) is 18.2 Å². The highest BCUT2D eigenvalue weighted by Gasteiger charge is 2.24. The summed E-state index contributed by atoms with van der Waals surface area (Å²) in [5.41, 5.74) is -0.0104. The molecule has 0 aliphatic carbocycles. The van der Waals surface area contributed by atoms with Crippen LogP contribution in [-0.4, -0.2) is 12.4 Å². The van der Waals surface area contributed by atoms with Crippen molar-refractivity contribution in [3.8, 4) is 5.75 Å². The third kappa shape index (κ3) is 3.87. The van der Waals surface area contributed by atoms with Crippen molar-refractivity contribution in [1.29, 1.82) is 0 Å². The number of ether oxygens (including phenoxy) is 1. The molecule has 0 aliphatic rings. The van der Waals surface area contributed by atoms with Gasteiger partial charge in [-0.1, -0.05) is 26.8 Å². The summed E-state index contributed by atoms with van der Waals surface area (Å²) in [7, 11) is 0. The Balaban J connectivity index is 2.73. The summed E-state index contributed by atoms with van der Waals surface area (Å²) in [6.45, 7) is 6.41. The fraction of sp³-hybridized carbons (Fsp3) is 0.538. The zero-order chi connectivity index (χ0) is 13.1. The summed E-state index contributed by atoms with van der Waals surface area (Å²) in [6.07, 6.45) is 0.